The molecule has 1 unspecified atom stereocenters. The molecule has 0 heterocycles. The van der Waals surface area contributed by atoms with Crippen LogP contribution in [0, 0.1) is 0 Å². The van der Waals surface area contributed by atoms with Crippen LogP contribution in [0.5, 0.6) is 0 Å². The van der Waals surface area contributed by atoms with Crippen LogP contribution in [0.1, 0.15) is 28.4 Å². The molecule has 0 aliphatic carbocycles. The van der Waals surface area contributed by atoms with E-state index in [1.807, 2.05) is 6.07 Å². The summed E-state index contributed by atoms with van der Waals surface area (Å²) < 4.78 is 23.2. The molecule has 1 atom stereocenters. The topological polar surface area (TPSA) is 34.1 Å². The van der Waals surface area contributed by atoms with Crippen molar-refractivity contribution in [2.24, 2.45) is 0 Å². The second-order valence-electron chi connectivity index (χ2n) is 4.80. The van der Waals surface area contributed by atoms with E-state index < -0.39 is 9.84 Å². The number of sulfone groups is 1. The first-order chi connectivity index (χ1) is 9.41. The quantitative estimate of drug-likeness (QED) is 0.775. The smallest absolute Gasteiger partial charge is 0.175 e. The molecule has 2 nitrogen and oxygen atoms in total. The Morgan fingerprint density at radius 2 is 1.70 bits per heavy atom. The maximum absolute atomic E-state index is 11.6. The summed E-state index contributed by atoms with van der Waals surface area (Å²) in [5.74, 6) is 0. The van der Waals surface area contributed by atoms with Crippen LogP contribution in [-0.4, -0.2) is 14.7 Å². The molecule has 4 heteroatoms. The van der Waals surface area contributed by atoms with Gasteiger partial charge in [-0.25, -0.2) is 8.42 Å². The fourth-order valence-corrected chi connectivity index (χ4v) is 3.28. The van der Waals surface area contributed by atoms with Crippen LogP contribution >= 0.6 is 15.9 Å². The van der Waals surface area contributed by atoms with Crippen LogP contribution in [0.4, 0.5) is 0 Å². The SMILES string of the molecule is CCc1ccc(C(Br)c2cccc(S(C)(=O)=O)c2)cc1. The lowest BCUT2D eigenvalue weighted by Gasteiger charge is -2.12. The average molecular weight is 353 g/mol. The largest absolute Gasteiger partial charge is 0.224 e. The van der Waals surface area contributed by atoms with E-state index in [4.69, 9.17) is 0 Å². The lowest BCUT2D eigenvalue weighted by Crippen LogP contribution is -2.00. The Morgan fingerprint density at radius 3 is 2.25 bits per heavy atom. The Morgan fingerprint density at radius 1 is 1.05 bits per heavy atom. The normalized spacial score (nSPS) is 13.2. The molecule has 2 aromatic carbocycles. The number of hydrogen-bond donors (Lipinski definition) is 0. The first kappa shape index (κ1) is 15.3. The highest BCUT2D eigenvalue weighted by Crippen LogP contribution is 2.32. The molecule has 0 aliphatic heterocycles. The van der Waals surface area contributed by atoms with Gasteiger partial charge in [0.15, 0.2) is 9.84 Å². The maximum atomic E-state index is 11.6. The monoisotopic (exact) mass is 352 g/mol. The number of halogens is 1. The highest BCUT2D eigenvalue weighted by atomic mass is 79.9. The van der Waals surface area contributed by atoms with Crippen molar-refractivity contribution >= 4 is 25.8 Å². The van der Waals surface area contributed by atoms with E-state index in [1.54, 1.807) is 18.2 Å². The molecule has 20 heavy (non-hydrogen) atoms. The Hall–Kier alpha value is -1.13. The van der Waals surface area contributed by atoms with Gasteiger partial charge in [-0.15, -0.1) is 0 Å². The molecule has 0 N–H and O–H groups in total. The Bertz CT molecular complexity index is 691. The number of benzene rings is 2. The third-order valence-electron chi connectivity index (χ3n) is 3.26. The predicted molar refractivity (Wildman–Crippen MR) is 86.1 cm³/mol. The van der Waals surface area contributed by atoms with Crippen molar-refractivity contribution in [3.8, 4) is 0 Å². The molecule has 0 amide bonds. The summed E-state index contributed by atoms with van der Waals surface area (Å²) in [5.41, 5.74) is 3.35. The van der Waals surface area contributed by atoms with Crippen LogP contribution in [0.25, 0.3) is 0 Å². The fourth-order valence-electron chi connectivity index (χ4n) is 2.02. The zero-order chi connectivity index (χ0) is 14.8. The minimum atomic E-state index is -3.17. The van der Waals surface area contributed by atoms with Gasteiger partial charge < -0.3 is 0 Å². The van der Waals surface area contributed by atoms with Crippen molar-refractivity contribution in [1.29, 1.82) is 0 Å². The van der Waals surface area contributed by atoms with E-state index in [0.29, 0.717) is 4.90 Å². The van der Waals surface area contributed by atoms with Crippen LogP contribution in [0.15, 0.2) is 53.4 Å². The standard InChI is InChI=1S/C16H17BrO2S/c1-3-12-7-9-13(10-8-12)16(17)14-5-4-6-15(11-14)20(2,18)19/h4-11,16H,3H2,1-2H3. The van der Waals surface area contributed by atoms with Crippen LogP contribution in [0.3, 0.4) is 0 Å². The summed E-state index contributed by atoms with van der Waals surface area (Å²) in [5, 5.41) is 0. The number of hydrogen-bond acceptors (Lipinski definition) is 2. The molecule has 0 aromatic heterocycles. The molecule has 0 fully saturated rings. The second-order valence-corrected chi connectivity index (χ2v) is 7.73. The van der Waals surface area contributed by atoms with Crippen LogP contribution in [-0.2, 0) is 16.3 Å². The zero-order valence-electron chi connectivity index (χ0n) is 11.5. The third kappa shape index (κ3) is 3.49. The van der Waals surface area contributed by atoms with Gasteiger partial charge >= 0.3 is 0 Å². The van der Waals surface area contributed by atoms with Gasteiger partial charge in [0, 0.05) is 6.26 Å². The Kier molecular flexibility index (Phi) is 4.66. The van der Waals surface area contributed by atoms with Crippen molar-refractivity contribution in [2.45, 2.75) is 23.1 Å². The van der Waals surface area contributed by atoms with Gasteiger partial charge in [0.1, 0.15) is 0 Å². The van der Waals surface area contributed by atoms with Gasteiger partial charge in [-0.05, 0) is 35.2 Å². The highest BCUT2D eigenvalue weighted by molar-refractivity contribution is 9.09. The molecule has 2 aromatic rings. The predicted octanol–water partition coefficient (Wildman–Crippen LogP) is 4.14. The first-order valence-electron chi connectivity index (χ1n) is 6.44. The Labute approximate surface area is 128 Å². The summed E-state index contributed by atoms with van der Waals surface area (Å²) in [6, 6.07) is 15.4. The average Bonchev–Trinajstić information content (AvgIpc) is 2.46. The van der Waals surface area contributed by atoms with Gasteiger partial charge in [-0.3, -0.25) is 0 Å². The highest BCUT2D eigenvalue weighted by Gasteiger charge is 2.13. The first-order valence-corrected chi connectivity index (χ1v) is 9.25. The van der Waals surface area contributed by atoms with Crippen molar-refractivity contribution in [3.63, 3.8) is 0 Å². The van der Waals surface area contributed by atoms with E-state index in [-0.39, 0.29) is 4.83 Å². The van der Waals surface area contributed by atoms with Crippen molar-refractivity contribution in [3.05, 3.63) is 65.2 Å². The molecular weight excluding hydrogens is 336 g/mol. The lowest BCUT2D eigenvalue weighted by molar-refractivity contribution is 0.602. The molecule has 0 saturated heterocycles. The van der Waals surface area contributed by atoms with E-state index in [2.05, 4.69) is 47.1 Å². The van der Waals surface area contributed by atoms with Crippen LogP contribution < -0.4 is 0 Å². The zero-order valence-corrected chi connectivity index (χ0v) is 13.9. The van der Waals surface area contributed by atoms with E-state index in [1.165, 1.54) is 11.8 Å². The molecule has 2 rings (SSSR count). The summed E-state index contributed by atoms with van der Waals surface area (Å²) in [7, 11) is -3.17. The van der Waals surface area contributed by atoms with Gasteiger partial charge in [0.25, 0.3) is 0 Å². The second kappa shape index (κ2) is 6.10. The van der Waals surface area contributed by atoms with Crippen molar-refractivity contribution in [2.75, 3.05) is 6.26 Å². The molecule has 0 bridgehead atoms. The molecule has 0 aliphatic rings. The van der Waals surface area contributed by atoms with Gasteiger partial charge in [0.05, 0.1) is 9.72 Å². The summed E-state index contributed by atoms with van der Waals surface area (Å²) in [6.07, 6.45) is 2.24. The van der Waals surface area contributed by atoms with E-state index >= 15 is 0 Å². The molecule has 0 radical (unpaired) electrons. The minimum Gasteiger partial charge on any atom is -0.224 e. The maximum Gasteiger partial charge on any atom is 0.175 e. The summed E-state index contributed by atoms with van der Waals surface area (Å²) >= 11 is 3.65. The molecule has 0 saturated carbocycles. The van der Waals surface area contributed by atoms with Gasteiger partial charge in [-0.1, -0.05) is 59.3 Å². The Balaban J connectivity index is 2.35. The summed E-state index contributed by atoms with van der Waals surface area (Å²) in [6.45, 7) is 2.12. The van der Waals surface area contributed by atoms with Crippen molar-refractivity contribution < 1.29 is 8.42 Å². The summed E-state index contributed by atoms with van der Waals surface area (Å²) in [4.78, 5) is 0.347. The van der Waals surface area contributed by atoms with E-state index in [0.717, 1.165) is 17.5 Å². The van der Waals surface area contributed by atoms with Gasteiger partial charge in [0.2, 0.25) is 0 Å². The van der Waals surface area contributed by atoms with E-state index in [9.17, 15) is 8.42 Å². The number of rotatable bonds is 4. The fraction of sp³-hybridized carbons (Fsp3) is 0.250. The molecular formula is C16H17BrO2S. The minimum absolute atomic E-state index is 0.00453. The number of alkyl halides is 1. The number of aryl methyl sites for hydroxylation is 1. The lowest BCUT2D eigenvalue weighted by atomic mass is 10.0. The van der Waals surface area contributed by atoms with Crippen LogP contribution in [0.2, 0.25) is 0 Å². The van der Waals surface area contributed by atoms with Crippen molar-refractivity contribution in [1.82, 2.24) is 0 Å². The molecule has 106 valence electrons. The molecule has 0 spiro atoms. The van der Waals surface area contributed by atoms with Gasteiger partial charge in [-0.2, -0.15) is 0 Å². The third-order valence-corrected chi connectivity index (χ3v) is 5.43.